The Bertz CT molecular complexity index is 796. The van der Waals surface area contributed by atoms with Crippen molar-refractivity contribution in [1.82, 2.24) is 0 Å². The molecule has 0 N–H and O–H groups in total. The molecule has 0 aliphatic rings. The molecular formula is C31H44O4. The quantitative estimate of drug-likeness (QED) is 0.180. The van der Waals surface area contributed by atoms with Gasteiger partial charge in [0.25, 0.3) is 0 Å². The van der Waals surface area contributed by atoms with E-state index in [0.717, 1.165) is 12.8 Å². The third-order valence-corrected chi connectivity index (χ3v) is 6.50. The molecule has 4 heteroatoms. The van der Waals surface area contributed by atoms with Crippen LogP contribution in [-0.4, -0.2) is 24.1 Å². The summed E-state index contributed by atoms with van der Waals surface area (Å²) in [7, 11) is 0. The second-order valence-electron chi connectivity index (χ2n) is 9.41. The molecule has 0 heterocycles. The van der Waals surface area contributed by atoms with Crippen LogP contribution in [0.25, 0.3) is 0 Å². The fourth-order valence-electron chi connectivity index (χ4n) is 4.10. The summed E-state index contributed by atoms with van der Waals surface area (Å²) in [6.07, 6.45) is 10.5. The minimum atomic E-state index is -0.322. The number of unbranched alkanes of at least 4 members (excludes halogenated alkanes) is 4. The van der Waals surface area contributed by atoms with Crippen molar-refractivity contribution in [2.45, 2.75) is 111 Å². The van der Waals surface area contributed by atoms with Crippen LogP contribution < -0.4 is 0 Å². The van der Waals surface area contributed by atoms with Crippen molar-refractivity contribution in [3.8, 4) is 0 Å². The second kappa shape index (κ2) is 16.1. The monoisotopic (exact) mass is 480 g/mol. The molecule has 2 rings (SSSR count). The molecule has 0 saturated carbocycles. The smallest absolute Gasteiger partial charge is 0.338 e. The van der Waals surface area contributed by atoms with Crippen LogP contribution in [0.3, 0.4) is 0 Å². The van der Waals surface area contributed by atoms with E-state index in [9.17, 15) is 9.59 Å². The SMILES string of the molecule is CCCCCc1ccc(C(=O)OC(CC)CC(CC)OC(=O)c2ccc(CCCCC)cc2)cc1. The van der Waals surface area contributed by atoms with E-state index in [1.165, 1.54) is 49.7 Å². The number of aryl methyl sites for hydroxylation is 2. The van der Waals surface area contributed by atoms with E-state index in [0.29, 0.717) is 30.4 Å². The van der Waals surface area contributed by atoms with Crippen molar-refractivity contribution >= 4 is 11.9 Å². The van der Waals surface area contributed by atoms with Gasteiger partial charge in [-0.25, -0.2) is 9.59 Å². The van der Waals surface area contributed by atoms with Crippen molar-refractivity contribution in [3.63, 3.8) is 0 Å². The number of ether oxygens (including phenoxy) is 2. The summed E-state index contributed by atoms with van der Waals surface area (Å²) in [5.74, 6) is -0.645. The Kier molecular flexibility index (Phi) is 13.2. The number of hydrogen-bond donors (Lipinski definition) is 0. The molecule has 0 fully saturated rings. The van der Waals surface area contributed by atoms with E-state index in [4.69, 9.17) is 9.47 Å². The molecular weight excluding hydrogens is 436 g/mol. The van der Waals surface area contributed by atoms with Crippen LogP contribution in [0.1, 0.15) is 117 Å². The third kappa shape index (κ3) is 10.3. The predicted octanol–water partition coefficient (Wildman–Crippen LogP) is 8.11. The second-order valence-corrected chi connectivity index (χ2v) is 9.41. The standard InChI is InChI=1S/C31H44O4/c1-5-9-11-13-24-15-19-26(20-16-24)30(32)34-28(7-3)23-29(8-4)35-31(33)27-21-17-25(18-22-27)14-12-10-6-2/h15-22,28-29H,5-14,23H2,1-4H3. The van der Waals surface area contributed by atoms with Crippen LogP contribution in [0, 0.1) is 0 Å². The third-order valence-electron chi connectivity index (χ3n) is 6.50. The molecule has 0 radical (unpaired) electrons. The lowest BCUT2D eigenvalue weighted by molar-refractivity contribution is -0.00188. The van der Waals surface area contributed by atoms with Gasteiger partial charge in [0.2, 0.25) is 0 Å². The van der Waals surface area contributed by atoms with Gasteiger partial charge in [-0.05, 0) is 73.9 Å². The maximum absolute atomic E-state index is 12.7. The average Bonchev–Trinajstić information content (AvgIpc) is 2.88. The Labute approximate surface area is 212 Å². The first-order valence-corrected chi connectivity index (χ1v) is 13.6. The first-order valence-electron chi connectivity index (χ1n) is 13.6. The number of benzene rings is 2. The highest BCUT2D eigenvalue weighted by atomic mass is 16.6. The van der Waals surface area contributed by atoms with Crippen molar-refractivity contribution in [1.29, 1.82) is 0 Å². The summed E-state index contributed by atoms with van der Waals surface area (Å²) < 4.78 is 11.6. The summed E-state index contributed by atoms with van der Waals surface area (Å²) >= 11 is 0. The zero-order valence-electron chi connectivity index (χ0n) is 22.2. The van der Waals surface area contributed by atoms with Crippen LogP contribution in [0.2, 0.25) is 0 Å². The number of carbonyl (C=O) groups excluding carboxylic acids is 2. The first kappa shape index (κ1) is 28.6. The van der Waals surface area contributed by atoms with Crippen LogP contribution in [0.4, 0.5) is 0 Å². The summed E-state index contributed by atoms with van der Waals surface area (Å²) in [6.45, 7) is 8.36. The van der Waals surface area contributed by atoms with Crippen LogP contribution in [0.15, 0.2) is 48.5 Å². The molecule has 2 aromatic carbocycles. The van der Waals surface area contributed by atoms with Crippen LogP contribution in [-0.2, 0) is 22.3 Å². The van der Waals surface area contributed by atoms with Gasteiger partial charge in [0.05, 0.1) is 11.1 Å². The molecule has 192 valence electrons. The largest absolute Gasteiger partial charge is 0.459 e. The van der Waals surface area contributed by atoms with E-state index in [1.807, 2.05) is 62.4 Å². The Morgan fingerprint density at radius 2 is 0.971 bits per heavy atom. The highest BCUT2D eigenvalue weighted by Crippen LogP contribution is 2.18. The van der Waals surface area contributed by atoms with E-state index < -0.39 is 0 Å². The molecule has 35 heavy (non-hydrogen) atoms. The highest BCUT2D eigenvalue weighted by molar-refractivity contribution is 5.90. The Hall–Kier alpha value is -2.62. The summed E-state index contributed by atoms with van der Waals surface area (Å²) in [6, 6.07) is 15.4. The zero-order chi connectivity index (χ0) is 25.5. The van der Waals surface area contributed by atoms with Gasteiger partial charge < -0.3 is 9.47 Å². The fraction of sp³-hybridized carbons (Fsp3) is 0.548. The average molecular weight is 481 g/mol. The van der Waals surface area contributed by atoms with Crippen molar-refractivity contribution in [2.24, 2.45) is 0 Å². The number of carbonyl (C=O) groups is 2. The minimum Gasteiger partial charge on any atom is -0.459 e. The maximum Gasteiger partial charge on any atom is 0.338 e. The zero-order valence-corrected chi connectivity index (χ0v) is 22.2. The van der Waals surface area contributed by atoms with Gasteiger partial charge in [-0.15, -0.1) is 0 Å². The molecule has 0 aliphatic carbocycles. The summed E-state index contributed by atoms with van der Waals surface area (Å²) in [5, 5.41) is 0. The van der Waals surface area contributed by atoms with Gasteiger partial charge in [-0.1, -0.05) is 77.6 Å². The lowest BCUT2D eigenvalue weighted by Gasteiger charge is -2.22. The van der Waals surface area contributed by atoms with E-state index in [-0.39, 0.29) is 24.1 Å². The number of hydrogen-bond acceptors (Lipinski definition) is 4. The lowest BCUT2D eigenvalue weighted by atomic mass is 10.0. The van der Waals surface area contributed by atoms with E-state index in [1.54, 1.807) is 0 Å². The molecule has 2 unspecified atom stereocenters. The van der Waals surface area contributed by atoms with E-state index in [2.05, 4.69) is 13.8 Å². The van der Waals surface area contributed by atoms with Gasteiger partial charge >= 0.3 is 11.9 Å². The molecule has 0 spiro atoms. The number of rotatable bonds is 16. The Balaban J connectivity index is 1.88. The normalized spacial score (nSPS) is 12.7. The van der Waals surface area contributed by atoms with Crippen molar-refractivity contribution < 1.29 is 19.1 Å². The molecule has 2 aromatic rings. The molecule has 0 bridgehead atoms. The Morgan fingerprint density at radius 1 is 0.600 bits per heavy atom. The van der Waals surface area contributed by atoms with E-state index >= 15 is 0 Å². The van der Waals surface area contributed by atoms with Gasteiger partial charge in [0.15, 0.2) is 0 Å². The van der Waals surface area contributed by atoms with Gasteiger partial charge in [-0.3, -0.25) is 0 Å². The minimum absolute atomic E-state index is 0.301. The van der Waals surface area contributed by atoms with Crippen molar-refractivity contribution in [3.05, 3.63) is 70.8 Å². The topological polar surface area (TPSA) is 52.6 Å². The van der Waals surface area contributed by atoms with Crippen LogP contribution in [0.5, 0.6) is 0 Å². The molecule has 0 aliphatic heterocycles. The fourth-order valence-corrected chi connectivity index (χ4v) is 4.10. The molecule has 2 atom stereocenters. The molecule has 0 amide bonds. The molecule has 0 aromatic heterocycles. The highest BCUT2D eigenvalue weighted by Gasteiger charge is 2.22. The molecule has 4 nitrogen and oxygen atoms in total. The predicted molar refractivity (Wildman–Crippen MR) is 143 cm³/mol. The summed E-state index contributed by atoms with van der Waals surface area (Å²) in [4.78, 5) is 25.4. The van der Waals surface area contributed by atoms with Gasteiger partial charge in [-0.2, -0.15) is 0 Å². The first-order chi connectivity index (χ1) is 17.0. The van der Waals surface area contributed by atoms with Gasteiger partial charge in [0.1, 0.15) is 12.2 Å². The lowest BCUT2D eigenvalue weighted by Crippen LogP contribution is -2.27. The Morgan fingerprint density at radius 3 is 1.29 bits per heavy atom. The van der Waals surface area contributed by atoms with Gasteiger partial charge in [0, 0.05) is 6.42 Å². The molecule has 0 saturated heterocycles. The van der Waals surface area contributed by atoms with Crippen molar-refractivity contribution in [2.75, 3.05) is 0 Å². The number of esters is 2. The summed E-state index contributed by atoms with van der Waals surface area (Å²) in [5.41, 5.74) is 3.61. The maximum atomic E-state index is 12.7. The van der Waals surface area contributed by atoms with Crippen LogP contribution >= 0.6 is 0 Å².